The van der Waals surface area contributed by atoms with Crippen molar-refractivity contribution in [2.75, 3.05) is 25.6 Å². The summed E-state index contributed by atoms with van der Waals surface area (Å²) in [5.41, 5.74) is 3.33. The molecule has 1 N–H and O–H groups in total. The summed E-state index contributed by atoms with van der Waals surface area (Å²) < 4.78 is 51.5. The normalized spacial score (nSPS) is 11.2. The topological polar surface area (TPSA) is 95.5 Å². The zero-order valence-corrected chi connectivity index (χ0v) is 23.0. The molecule has 4 aromatic carbocycles. The highest BCUT2D eigenvalue weighted by molar-refractivity contribution is 6.08. The molecule has 0 aliphatic rings. The Hall–Kier alpha value is -5.32. The van der Waals surface area contributed by atoms with Gasteiger partial charge < -0.3 is 24.4 Å². The molecule has 0 aliphatic heterocycles. The Balaban J connectivity index is 1.27. The summed E-state index contributed by atoms with van der Waals surface area (Å²) in [5, 5.41) is 6.55. The summed E-state index contributed by atoms with van der Waals surface area (Å²) in [6.07, 6.45) is -2.74. The zero-order chi connectivity index (χ0) is 30.7. The average molecular weight is 593 g/mol. The third-order valence-electron chi connectivity index (χ3n) is 5.94. The van der Waals surface area contributed by atoms with Gasteiger partial charge in [0.05, 0.1) is 31.2 Å². The number of carbonyl (C=O) groups is 2. The smallest absolute Gasteiger partial charge is 0.493 e. The van der Waals surface area contributed by atoms with Crippen molar-refractivity contribution < 1.29 is 41.8 Å². The van der Waals surface area contributed by atoms with E-state index in [-0.39, 0.29) is 30.0 Å². The number of esters is 1. The second-order valence-electron chi connectivity index (χ2n) is 8.98. The van der Waals surface area contributed by atoms with E-state index in [1.807, 2.05) is 54.6 Å². The van der Waals surface area contributed by atoms with Gasteiger partial charge in [0.15, 0.2) is 0 Å². The molecule has 0 saturated carbocycles. The number of carbonyl (C=O) groups excluding carboxylic acids is 2. The van der Waals surface area contributed by atoms with Gasteiger partial charge >= 0.3 is 12.3 Å². The predicted octanol–water partition coefficient (Wildman–Crippen LogP) is 7.11. The first kappa shape index (κ1) is 30.6. The molecule has 222 valence electrons. The molecule has 4 rings (SSSR count). The van der Waals surface area contributed by atoms with E-state index in [2.05, 4.69) is 15.2 Å². The Bertz CT molecular complexity index is 1540. The van der Waals surface area contributed by atoms with E-state index in [1.165, 1.54) is 19.2 Å². The minimum absolute atomic E-state index is 0.0431. The highest BCUT2D eigenvalue weighted by atomic mass is 19.4. The summed E-state index contributed by atoms with van der Waals surface area (Å²) in [6.45, 7) is 0.545. The van der Waals surface area contributed by atoms with Crippen LogP contribution < -0.4 is 14.8 Å². The van der Waals surface area contributed by atoms with Crippen LogP contribution in [0.25, 0.3) is 11.1 Å². The number of hydrogen-bond donors (Lipinski definition) is 1. The van der Waals surface area contributed by atoms with Crippen LogP contribution >= 0.6 is 0 Å². The van der Waals surface area contributed by atoms with E-state index in [0.29, 0.717) is 12.2 Å². The SMILES string of the molecule is COC(=O)c1ccc(OCCCON=Cc2ccc(-c3ccccc3)cc2)cc1NC(=O)c1ccc(OC(F)(F)F)cc1. The molecule has 0 fully saturated rings. The number of anilines is 1. The molecule has 0 aliphatic carbocycles. The number of nitrogens with one attached hydrogen (secondary N) is 1. The van der Waals surface area contributed by atoms with Crippen LogP contribution in [-0.4, -0.2) is 44.8 Å². The molecule has 0 bridgehead atoms. The third-order valence-corrected chi connectivity index (χ3v) is 5.94. The fraction of sp³-hybridized carbons (Fsp3) is 0.156. The van der Waals surface area contributed by atoms with Gasteiger partial charge in [-0.25, -0.2) is 4.79 Å². The number of benzene rings is 4. The molecule has 0 heterocycles. The molecule has 0 unspecified atom stereocenters. The monoisotopic (exact) mass is 592 g/mol. The molecule has 1 amide bonds. The Morgan fingerprint density at radius 2 is 1.51 bits per heavy atom. The number of rotatable bonds is 12. The molecule has 4 aromatic rings. The van der Waals surface area contributed by atoms with Crippen molar-refractivity contribution in [3.8, 4) is 22.6 Å². The average Bonchev–Trinajstić information content (AvgIpc) is 3.00. The quantitative estimate of drug-likeness (QED) is 0.0816. The van der Waals surface area contributed by atoms with Gasteiger partial charge in [-0.3, -0.25) is 4.79 Å². The van der Waals surface area contributed by atoms with Crippen LogP contribution in [0.2, 0.25) is 0 Å². The molecule has 43 heavy (non-hydrogen) atoms. The van der Waals surface area contributed by atoms with Gasteiger partial charge in [-0.05, 0) is 53.1 Å². The fourth-order valence-electron chi connectivity index (χ4n) is 3.86. The Morgan fingerprint density at radius 1 is 0.837 bits per heavy atom. The number of amides is 1. The maximum atomic E-state index is 12.7. The van der Waals surface area contributed by atoms with Crippen LogP contribution in [-0.2, 0) is 9.57 Å². The molecule has 0 spiro atoms. The lowest BCUT2D eigenvalue weighted by Crippen LogP contribution is -2.18. The van der Waals surface area contributed by atoms with Crippen LogP contribution in [0.4, 0.5) is 18.9 Å². The second kappa shape index (κ2) is 14.5. The van der Waals surface area contributed by atoms with E-state index in [1.54, 1.807) is 12.3 Å². The lowest BCUT2D eigenvalue weighted by Gasteiger charge is -2.13. The first-order valence-electron chi connectivity index (χ1n) is 13.0. The van der Waals surface area contributed by atoms with Gasteiger partial charge in [0.2, 0.25) is 0 Å². The highest BCUT2D eigenvalue weighted by Crippen LogP contribution is 2.26. The van der Waals surface area contributed by atoms with Crippen LogP contribution in [0, 0.1) is 0 Å². The number of nitrogens with zero attached hydrogens (tertiary/aromatic N) is 1. The summed E-state index contributed by atoms with van der Waals surface area (Å²) >= 11 is 0. The Labute approximate surface area is 245 Å². The van der Waals surface area contributed by atoms with Gasteiger partial charge in [-0.15, -0.1) is 13.2 Å². The number of ether oxygens (including phenoxy) is 3. The van der Waals surface area contributed by atoms with E-state index >= 15 is 0 Å². The standard InChI is InChI=1S/C32H27F3N2O6/c1-40-31(39)28-17-16-27(20-29(28)37-30(38)25-12-14-26(15-13-25)43-32(33,34)35)41-18-5-19-42-36-21-22-8-10-24(11-9-22)23-6-3-2-4-7-23/h2-4,6-17,20-21H,5,18-19H2,1H3,(H,37,38). The van der Waals surface area contributed by atoms with Crippen molar-refractivity contribution in [1.82, 2.24) is 0 Å². The lowest BCUT2D eigenvalue weighted by atomic mass is 10.0. The third kappa shape index (κ3) is 9.35. The summed E-state index contributed by atoms with van der Waals surface area (Å²) in [6, 6.07) is 26.7. The molecular formula is C32H27F3N2O6. The van der Waals surface area contributed by atoms with Crippen LogP contribution in [0.5, 0.6) is 11.5 Å². The van der Waals surface area contributed by atoms with Crippen LogP contribution in [0.3, 0.4) is 0 Å². The van der Waals surface area contributed by atoms with E-state index in [4.69, 9.17) is 14.3 Å². The molecule has 8 nitrogen and oxygen atoms in total. The number of alkyl halides is 3. The van der Waals surface area contributed by atoms with Gasteiger partial charge in [0.25, 0.3) is 5.91 Å². The van der Waals surface area contributed by atoms with Gasteiger partial charge in [-0.2, -0.15) is 0 Å². The Kier molecular flexibility index (Phi) is 10.4. The fourth-order valence-corrected chi connectivity index (χ4v) is 3.86. The van der Waals surface area contributed by atoms with Crippen LogP contribution in [0.1, 0.15) is 32.7 Å². The molecule has 11 heteroatoms. The van der Waals surface area contributed by atoms with Crippen molar-refractivity contribution in [2.24, 2.45) is 5.16 Å². The van der Waals surface area contributed by atoms with Gasteiger partial charge in [0, 0.05) is 18.1 Å². The number of methoxy groups -OCH3 is 1. The maximum absolute atomic E-state index is 12.7. The van der Waals surface area contributed by atoms with Gasteiger partial charge in [-0.1, -0.05) is 59.8 Å². The van der Waals surface area contributed by atoms with Gasteiger partial charge in [0.1, 0.15) is 18.1 Å². The van der Waals surface area contributed by atoms with Crippen molar-refractivity contribution in [2.45, 2.75) is 12.8 Å². The predicted molar refractivity (Wildman–Crippen MR) is 154 cm³/mol. The van der Waals surface area contributed by atoms with E-state index in [0.717, 1.165) is 41.0 Å². The largest absolute Gasteiger partial charge is 0.573 e. The maximum Gasteiger partial charge on any atom is 0.573 e. The molecular weight excluding hydrogens is 565 g/mol. The summed E-state index contributed by atoms with van der Waals surface area (Å²) in [4.78, 5) is 30.3. The first-order valence-corrected chi connectivity index (χ1v) is 13.0. The molecule has 0 saturated heterocycles. The molecule has 0 aromatic heterocycles. The zero-order valence-electron chi connectivity index (χ0n) is 23.0. The summed E-state index contributed by atoms with van der Waals surface area (Å²) in [5.74, 6) is -1.47. The van der Waals surface area contributed by atoms with Crippen molar-refractivity contribution in [1.29, 1.82) is 0 Å². The van der Waals surface area contributed by atoms with Crippen molar-refractivity contribution >= 4 is 23.8 Å². The van der Waals surface area contributed by atoms with Crippen LogP contribution in [0.15, 0.2) is 102 Å². The minimum atomic E-state index is -4.85. The number of hydrogen-bond acceptors (Lipinski definition) is 7. The van der Waals surface area contributed by atoms with Crippen molar-refractivity contribution in [3.05, 3.63) is 114 Å². The highest BCUT2D eigenvalue weighted by Gasteiger charge is 2.31. The number of halogens is 3. The molecule has 0 atom stereocenters. The minimum Gasteiger partial charge on any atom is -0.493 e. The van der Waals surface area contributed by atoms with Crippen molar-refractivity contribution in [3.63, 3.8) is 0 Å². The summed E-state index contributed by atoms with van der Waals surface area (Å²) in [7, 11) is 1.19. The number of oxime groups is 1. The van der Waals surface area contributed by atoms with E-state index < -0.39 is 24.0 Å². The lowest BCUT2D eigenvalue weighted by molar-refractivity contribution is -0.274. The second-order valence-corrected chi connectivity index (χ2v) is 8.98. The first-order chi connectivity index (χ1) is 20.7. The van der Waals surface area contributed by atoms with E-state index in [9.17, 15) is 22.8 Å². The Morgan fingerprint density at radius 3 is 2.19 bits per heavy atom. The molecule has 0 radical (unpaired) electrons.